The van der Waals surface area contributed by atoms with Crippen LogP contribution in [-0.2, 0) is 9.16 Å². The molecule has 1 unspecified atom stereocenters. The molecule has 136 valence electrons. The number of ether oxygens (including phenoxy) is 1. The Kier molecular flexibility index (Phi) is 5.67. The van der Waals surface area contributed by atoms with Crippen molar-refractivity contribution in [3.63, 3.8) is 0 Å². The highest BCUT2D eigenvalue weighted by Gasteiger charge is 2.65. The van der Waals surface area contributed by atoms with Gasteiger partial charge in [-0.25, -0.2) is 4.79 Å². The molecule has 0 saturated heterocycles. The highest BCUT2D eigenvalue weighted by Crippen LogP contribution is 2.61. The average Bonchev–Trinajstić information content (AvgIpc) is 2.58. The van der Waals surface area contributed by atoms with Gasteiger partial charge >= 0.3 is 6.09 Å². The zero-order valence-corrected chi connectivity index (χ0v) is 18.2. The summed E-state index contributed by atoms with van der Waals surface area (Å²) < 4.78 is 11.5. The molecule has 0 heterocycles. The summed E-state index contributed by atoms with van der Waals surface area (Å²) in [5.74, 6) is 0.291. The molecular weight excluding hydrogens is 310 g/mol. The fourth-order valence-corrected chi connectivity index (χ4v) is 4.80. The Morgan fingerprint density at radius 1 is 1.30 bits per heavy atom. The van der Waals surface area contributed by atoms with Crippen molar-refractivity contribution < 1.29 is 19.1 Å². The molecule has 1 amide bonds. The van der Waals surface area contributed by atoms with E-state index >= 15 is 0 Å². The number of alkyl carbamates (subject to hydrolysis) is 1. The summed E-state index contributed by atoms with van der Waals surface area (Å²) in [4.78, 5) is 12.4. The normalized spacial score (nSPS) is 35.3. The lowest BCUT2D eigenvalue weighted by Crippen LogP contribution is -2.63. The molecule has 23 heavy (non-hydrogen) atoms. The van der Waals surface area contributed by atoms with Gasteiger partial charge in [0.2, 0.25) is 0 Å². The second-order valence-corrected chi connectivity index (χ2v) is 9.45. The molecule has 1 aliphatic carbocycles. The number of aliphatic hydroxyl groups is 1. The second-order valence-electron chi connectivity index (χ2n) is 9.05. The van der Waals surface area contributed by atoms with Crippen LogP contribution in [-0.4, -0.2) is 39.6 Å². The van der Waals surface area contributed by atoms with E-state index in [0.29, 0.717) is 16.9 Å². The molecular formula is C17H35NO4Si. The van der Waals surface area contributed by atoms with Crippen molar-refractivity contribution in [2.45, 2.75) is 73.1 Å². The van der Waals surface area contributed by atoms with Crippen LogP contribution in [0.25, 0.3) is 0 Å². The SMILES string of the molecule is CC1[C@H](CO)C[C@](NC(=O)OC(C)(C)C)(O[SiH3])[C@]1(C)C(C)(C)C. The number of hydrogen-bond donors (Lipinski definition) is 2. The van der Waals surface area contributed by atoms with Crippen molar-refractivity contribution in [3.8, 4) is 0 Å². The molecule has 0 aliphatic heterocycles. The van der Waals surface area contributed by atoms with Gasteiger partial charge < -0.3 is 14.3 Å². The van der Waals surface area contributed by atoms with Crippen molar-refractivity contribution in [1.82, 2.24) is 5.32 Å². The van der Waals surface area contributed by atoms with Crippen LogP contribution in [0.1, 0.15) is 61.8 Å². The van der Waals surface area contributed by atoms with Gasteiger partial charge in [-0.3, -0.25) is 5.32 Å². The molecule has 6 heteroatoms. The summed E-state index contributed by atoms with van der Waals surface area (Å²) >= 11 is 0. The highest BCUT2D eigenvalue weighted by atomic mass is 28.2. The Balaban J connectivity index is 3.26. The molecule has 2 N–H and O–H groups in total. The lowest BCUT2D eigenvalue weighted by atomic mass is 9.58. The fraction of sp³-hybridized carbons (Fsp3) is 0.941. The van der Waals surface area contributed by atoms with Crippen molar-refractivity contribution >= 4 is 16.6 Å². The van der Waals surface area contributed by atoms with Gasteiger partial charge in [0.1, 0.15) is 21.8 Å². The van der Waals surface area contributed by atoms with Gasteiger partial charge in [-0.15, -0.1) is 0 Å². The number of rotatable bonds is 3. The number of carbonyl (C=O) groups excluding carboxylic acids is 1. The minimum Gasteiger partial charge on any atom is -0.444 e. The molecule has 1 aliphatic rings. The number of carbonyl (C=O) groups is 1. The highest BCUT2D eigenvalue weighted by molar-refractivity contribution is 5.98. The largest absolute Gasteiger partial charge is 0.444 e. The first-order valence-electron chi connectivity index (χ1n) is 8.41. The molecule has 1 fully saturated rings. The predicted molar refractivity (Wildman–Crippen MR) is 95.0 cm³/mol. The second kappa shape index (κ2) is 6.37. The Morgan fingerprint density at radius 2 is 1.83 bits per heavy atom. The molecule has 0 aromatic heterocycles. The maximum absolute atomic E-state index is 12.4. The third kappa shape index (κ3) is 3.59. The molecule has 5 nitrogen and oxygen atoms in total. The lowest BCUT2D eigenvalue weighted by Gasteiger charge is -2.53. The van der Waals surface area contributed by atoms with Gasteiger partial charge in [-0.1, -0.05) is 34.6 Å². The molecule has 0 aromatic carbocycles. The summed E-state index contributed by atoms with van der Waals surface area (Å²) in [6, 6.07) is 0. The van der Waals surface area contributed by atoms with E-state index in [9.17, 15) is 9.90 Å². The predicted octanol–water partition coefficient (Wildman–Crippen LogP) is 2.21. The van der Waals surface area contributed by atoms with Crippen LogP contribution < -0.4 is 5.32 Å². The van der Waals surface area contributed by atoms with Gasteiger partial charge in [-0.05, 0) is 38.0 Å². The quantitative estimate of drug-likeness (QED) is 0.608. The van der Waals surface area contributed by atoms with Crippen molar-refractivity contribution in [2.24, 2.45) is 22.7 Å². The zero-order chi connectivity index (χ0) is 18.3. The Morgan fingerprint density at radius 3 is 2.17 bits per heavy atom. The third-order valence-electron chi connectivity index (χ3n) is 5.85. The van der Waals surface area contributed by atoms with Crippen LogP contribution in [0.5, 0.6) is 0 Å². The monoisotopic (exact) mass is 345 g/mol. The average molecular weight is 346 g/mol. The Bertz CT molecular complexity index is 443. The van der Waals surface area contributed by atoms with Crippen LogP contribution in [0, 0.1) is 22.7 Å². The number of aliphatic hydroxyl groups excluding tert-OH is 1. The third-order valence-corrected chi connectivity index (χ3v) is 6.55. The van der Waals surface area contributed by atoms with E-state index in [0.717, 1.165) is 0 Å². The molecule has 0 bridgehead atoms. The molecule has 4 atom stereocenters. The minimum absolute atomic E-state index is 0.0862. The molecule has 0 spiro atoms. The first kappa shape index (κ1) is 20.5. The lowest BCUT2D eigenvalue weighted by molar-refractivity contribution is -0.124. The molecule has 1 rings (SSSR count). The summed E-state index contributed by atoms with van der Waals surface area (Å²) in [5.41, 5.74) is -1.82. The van der Waals surface area contributed by atoms with Crippen LogP contribution in [0.15, 0.2) is 0 Å². The smallest absolute Gasteiger partial charge is 0.409 e. The van der Waals surface area contributed by atoms with Crippen LogP contribution in [0.2, 0.25) is 0 Å². The maximum atomic E-state index is 12.4. The van der Waals surface area contributed by atoms with E-state index in [1.54, 1.807) is 0 Å². The van der Waals surface area contributed by atoms with E-state index in [4.69, 9.17) is 9.16 Å². The van der Waals surface area contributed by atoms with E-state index < -0.39 is 17.4 Å². The van der Waals surface area contributed by atoms with Gasteiger partial charge in [0.05, 0.1) is 0 Å². The first-order valence-corrected chi connectivity index (χ1v) is 9.23. The molecule has 0 aromatic rings. The van der Waals surface area contributed by atoms with Crippen LogP contribution in [0.3, 0.4) is 0 Å². The standard InChI is InChI=1S/C17H35NO4Si/c1-11-12(10-19)9-17(22-23,16(11,8)14(2,3)4)18-13(20)21-15(5,6)7/h11-12,19H,9-10H2,1-8,23H3,(H,18,20)/t11?,12-,16-,17-/m0/s1. The number of amides is 1. The van der Waals surface area contributed by atoms with Gasteiger partial charge in [-0.2, -0.15) is 0 Å². The Hall–Kier alpha value is -0.593. The number of nitrogens with one attached hydrogen (secondary N) is 1. The summed E-state index contributed by atoms with van der Waals surface area (Å²) in [5, 5.41) is 12.8. The van der Waals surface area contributed by atoms with Crippen molar-refractivity contribution in [2.75, 3.05) is 6.61 Å². The van der Waals surface area contributed by atoms with Crippen molar-refractivity contribution in [3.05, 3.63) is 0 Å². The van der Waals surface area contributed by atoms with Crippen molar-refractivity contribution in [1.29, 1.82) is 0 Å². The molecule has 1 saturated carbocycles. The van der Waals surface area contributed by atoms with Gasteiger partial charge in [0.15, 0.2) is 0 Å². The topological polar surface area (TPSA) is 67.8 Å². The van der Waals surface area contributed by atoms with Gasteiger partial charge in [0, 0.05) is 18.4 Å². The first-order chi connectivity index (χ1) is 10.2. The summed E-state index contributed by atoms with van der Waals surface area (Å²) in [6.07, 6.45) is 0.135. The van der Waals surface area contributed by atoms with Crippen LogP contribution in [0.4, 0.5) is 4.79 Å². The van der Waals surface area contributed by atoms with E-state index in [-0.39, 0.29) is 29.3 Å². The maximum Gasteiger partial charge on any atom is 0.409 e. The van der Waals surface area contributed by atoms with E-state index in [2.05, 4.69) is 39.9 Å². The van der Waals surface area contributed by atoms with Gasteiger partial charge in [0.25, 0.3) is 0 Å². The molecule has 0 radical (unpaired) electrons. The minimum atomic E-state index is -0.813. The number of hydrogen-bond acceptors (Lipinski definition) is 4. The summed E-state index contributed by atoms with van der Waals surface area (Å²) in [6.45, 7) is 16.4. The Labute approximate surface area is 144 Å². The zero-order valence-electron chi connectivity index (χ0n) is 16.2. The van der Waals surface area contributed by atoms with E-state index in [1.165, 1.54) is 0 Å². The van der Waals surface area contributed by atoms with E-state index in [1.807, 2.05) is 20.8 Å². The van der Waals surface area contributed by atoms with Crippen LogP contribution >= 0.6 is 0 Å². The summed E-state index contributed by atoms with van der Waals surface area (Å²) in [7, 11) is 0.491. The fourth-order valence-electron chi connectivity index (χ4n) is 4.10.